The van der Waals surface area contributed by atoms with Gasteiger partial charge in [-0.05, 0) is 79.4 Å². The molecule has 1 fully saturated rings. The van der Waals surface area contributed by atoms with E-state index in [2.05, 4.69) is 44.1 Å². The number of benzene rings is 2. The van der Waals surface area contributed by atoms with Crippen molar-refractivity contribution in [3.8, 4) is 0 Å². The maximum absolute atomic E-state index is 13.8. The molecule has 2 aromatic carbocycles. The van der Waals surface area contributed by atoms with Crippen LogP contribution in [0.1, 0.15) is 44.2 Å². The molecule has 1 saturated heterocycles. The van der Waals surface area contributed by atoms with Crippen LogP contribution in [0.3, 0.4) is 0 Å². The third kappa shape index (κ3) is 4.53. The Bertz CT molecular complexity index is 1180. The van der Waals surface area contributed by atoms with Gasteiger partial charge in [-0.15, -0.1) is 0 Å². The lowest BCUT2D eigenvalue weighted by Gasteiger charge is -2.45. The van der Waals surface area contributed by atoms with Gasteiger partial charge in [-0.3, -0.25) is 19.3 Å². The van der Waals surface area contributed by atoms with Crippen LogP contribution in [-0.4, -0.2) is 41.1 Å². The van der Waals surface area contributed by atoms with E-state index < -0.39 is 29.4 Å². The third-order valence-corrected chi connectivity index (χ3v) is 7.19. The Morgan fingerprint density at radius 3 is 2.70 bits per heavy atom. The van der Waals surface area contributed by atoms with Crippen LogP contribution in [0.2, 0.25) is 0 Å². The number of carbonyl (C=O) groups excluding carboxylic acids is 3. The highest BCUT2D eigenvalue weighted by atomic mass is 32.2. The number of nitrogens with zero attached hydrogens (tertiary/aromatic N) is 2. The maximum Gasteiger partial charge on any atom is 0.294 e. The van der Waals surface area contributed by atoms with Gasteiger partial charge in [0, 0.05) is 18.3 Å². The number of rotatable bonds is 4. The van der Waals surface area contributed by atoms with Gasteiger partial charge >= 0.3 is 0 Å². The Morgan fingerprint density at radius 2 is 1.97 bits per heavy atom. The number of hydrogen-bond donors (Lipinski definition) is 1. The largest absolute Gasteiger partial charge is 0.369 e. The highest BCUT2D eigenvalue weighted by molar-refractivity contribution is 8.18. The fourth-order valence-electron chi connectivity index (χ4n) is 4.37. The fraction of sp³-hybridized carbons (Fsp3) is 0.320. The van der Waals surface area contributed by atoms with Crippen LogP contribution in [0.15, 0.2) is 47.4 Å². The highest BCUT2D eigenvalue weighted by Crippen LogP contribution is 2.43. The van der Waals surface area contributed by atoms with Crippen LogP contribution < -0.4 is 10.2 Å². The van der Waals surface area contributed by atoms with Gasteiger partial charge in [-0.25, -0.2) is 4.39 Å². The van der Waals surface area contributed by atoms with E-state index in [4.69, 9.17) is 0 Å². The van der Waals surface area contributed by atoms with Crippen LogP contribution in [0, 0.1) is 5.82 Å². The van der Waals surface area contributed by atoms with Crippen molar-refractivity contribution in [2.45, 2.75) is 38.6 Å². The Labute approximate surface area is 196 Å². The van der Waals surface area contributed by atoms with Crippen LogP contribution >= 0.6 is 11.8 Å². The molecule has 2 aliphatic heterocycles. The number of amides is 3. The van der Waals surface area contributed by atoms with Gasteiger partial charge in [0.1, 0.15) is 12.4 Å². The summed E-state index contributed by atoms with van der Waals surface area (Å²) in [5, 5.41) is 1.87. The molecule has 0 unspecified atom stereocenters. The second kappa shape index (κ2) is 8.67. The first-order valence-electron chi connectivity index (χ1n) is 10.7. The van der Waals surface area contributed by atoms with Crippen molar-refractivity contribution in [2.24, 2.45) is 0 Å². The number of thioether (sulfide) groups is 1. The number of anilines is 2. The Morgan fingerprint density at radius 1 is 1.24 bits per heavy atom. The molecule has 2 heterocycles. The van der Waals surface area contributed by atoms with Crippen LogP contribution in [-0.2, 0) is 9.59 Å². The van der Waals surface area contributed by atoms with Crippen molar-refractivity contribution in [1.82, 2.24) is 4.90 Å². The van der Waals surface area contributed by atoms with Crippen LogP contribution in [0.5, 0.6) is 0 Å². The van der Waals surface area contributed by atoms with Crippen LogP contribution in [0.25, 0.3) is 6.08 Å². The number of carbonyl (C=O) groups is 3. The third-order valence-electron chi connectivity index (χ3n) is 6.28. The Kier molecular flexibility index (Phi) is 6.05. The van der Waals surface area contributed by atoms with Gasteiger partial charge in [0.25, 0.3) is 11.1 Å². The molecule has 6 nitrogen and oxygen atoms in total. The zero-order chi connectivity index (χ0) is 23.9. The van der Waals surface area contributed by atoms with E-state index in [1.54, 1.807) is 12.1 Å². The molecule has 172 valence electrons. The summed E-state index contributed by atoms with van der Waals surface area (Å²) in [7, 11) is 2.09. The molecule has 4 rings (SSSR count). The molecule has 2 aliphatic rings. The molecule has 8 heteroatoms. The van der Waals surface area contributed by atoms with E-state index in [9.17, 15) is 18.8 Å². The summed E-state index contributed by atoms with van der Waals surface area (Å²) in [5.74, 6) is -1.40. The van der Waals surface area contributed by atoms with E-state index in [1.807, 2.05) is 12.1 Å². The monoisotopic (exact) mass is 467 g/mol. The molecule has 0 saturated carbocycles. The lowest BCUT2D eigenvalue weighted by Crippen LogP contribution is -2.45. The van der Waals surface area contributed by atoms with Gasteiger partial charge < -0.3 is 10.2 Å². The smallest absolute Gasteiger partial charge is 0.294 e. The lowest BCUT2D eigenvalue weighted by atomic mass is 9.80. The van der Waals surface area contributed by atoms with Gasteiger partial charge in [0.05, 0.1) is 10.6 Å². The van der Waals surface area contributed by atoms with Crippen molar-refractivity contribution in [1.29, 1.82) is 0 Å². The number of nitrogens with one attached hydrogen (secondary N) is 1. The van der Waals surface area contributed by atoms with Crippen molar-refractivity contribution in [2.75, 3.05) is 23.8 Å². The number of hydrogen-bond acceptors (Lipinski definition) is 5. The SMILES string of the molecule is C[C@H]1CC(C)(C)N(C)c2ccc(/C=C3\SC(=O)N(CC(=O)Nc4ccccc4F)C3=O)cc21. The first kappa shape index (κ1) is 23.0. The molecule has 3 amide bonds. The second-order valence-corrected chi connectivity index (χ2v) is 10.1. The Hall–Kier alpha value is -3.13. The summed E-state index contributed by atoms with van der Waals surface area (Å²) in [6.07, 6.45) is 2.69. The highest BCUT2D eigenvalue weighted by Gasteiger charge is 2.37. The summed E-state index contributed by atoms with van der Waals surface area (Å²) in [5.41, 5.74) is 3.25. The summed E-state index contributed by atoms with van der Waals surface area (Å²) in [6, 6.07) is 11.8. The lowest BCUT2D eigenvalue weighted by molar-refractivity contribution is -0.127. The average molecular weight is 468 g/mol. The summed E-state index contributed by atoms with van der Waals surface area (Å²) >= 11 is 0.801. The van der Waals surface area contributed by atoms with Crippen molar-refractivity contribution in [3.63, 3.8) is 0 Å². The molecule has 0 spiro atoms. The summed E-state index contributed by atoms with van der Waals surface area (Å²) in [4.78, 5) is 40.9. The predicted molar refractivity (Wildman–Crippen MR) is 130 cm³/mol. The topological polar surface area (TPSA) is 69.7 Å². The number of fused-ring (bicyclic) bond motifs is 1. The molecule has 2 aromatic rings. The molecule has 0 bridgehead atoms. The van der Waals surface area contributed by atoms with E-state index in [-0.39, 0.29) is 16.1 Å². The molecule has 0 aliphatic carbocycles. The van der Waals surface area contributed by atoms with Crippen LogP contribution in [0.4, 0.5) is 20.6 Å². The summed E-state index contributed by atoms with van der Waals surface area (Å²) in [6.45, 7) is 6.16. The van der Waals surface area contributed by atoms with Gasteiger partial charge in [0.2, 0.25) is 5.91 Å². The molecule has 33 heavy (non-hydrogen) atoms. The number of para-hydroxylation sites is 1. The van der Waals surface area contributed by atoms with Gasteiger partial charge in [-0.2, -0.15) is 0 Å². The zero-order valence-corrected chi connectivity index (χ0v) is 19.8. The molecule has 0 aromatic heterocycles. The van der Waals surface area contributed by atoms with Gasteiger partial charge in [-0.1, -0.05) is 25.1 Å². The van der Waals surface area contributed by atoms with E-state index in [1.165, 1.54) is 23.8 Å². The Balaban J connectivity index is 1.51. The zero-order valence-electron chi connectivity index (χ0n) is 19.0. The van der Waals surface area contributed by atoms with E-state index in [0.29, 0.717) is 5.92 Å². The first-order chi connectivity index (χ1) is 15.6. The molecule has 0 radical (unpaired) electrons. The van der Waals surface area contributed by atoms with Crippen molar-refractivity contribution < 1.29 is 18.8 Å². The molecular weight excluding hydrogens is 441 g/mol. The fourth-order valence-corrected chi connectivity index (χ4v) is 5.21. The maximum atomic E-state index is 13.8. The minimum atomic E-state index is -0.642. The van der Waals surface area contributed by atoms with Gasteiger partial charge in [0.15, 0.2) is 0 Å². The minimum Gasteiger partial charge on any atom is -0.369 e. The second-order valence-electron chi connectivity index (χ2n) is 9.09. The summed E-state index contributed by atoms with van der Waals surface area (Å²) < 4.78 is 13.8. The standard InChI is InChI=1S/C25H26FN3O3S/c1-15-13-25(2,3)28(4)20-10-9-16(11-17(15)20)12-21-23(31)29(24(32)33-21)14-22(30)27-19-8-6-5-7-18(19)26/h5-12,15H,13-14H2,1-4H3,(H,27,30)/b21-12-/t15-/m0/s1. The average Bonchev–Trinajstić information content (AvgIpc) is 3.01. The van der Waals surface area contributed by atoms with E-state index >= 15 is 0 Å². The molecule has 1 N–H and O–H groups in total. The van der Waals surface area contributed by atoms with E-state index in [0.717, 1.165) is 34.3 Å². The predicted octanol–water partition coefficient (Wildman–Crippen LogP) is 5.22. The number of imide groups is 1. The number of halogens is 1. The quantitative estimate of drug-likeness (QED) is 0.624. The molecule has 1 atom stereocenters. The van der Waals surface area contributed by atoms with Crippen molar-refractivity contribution in [3.05, 3.63) is 64.3 Å². The normalized spacial score (nSPS) is 20.9. The minimum absolute atomic E-state index is 0.00124. The first-order valence-corrected chi connectivity index (χ1v) is 11.6. The molecular formula is C25H26FN3O3S. The van der Waals surface area contributed by atoms with Crippen molar-refractivity contribution >= 4 is 46.3 Å².